The van der Waals surface area contributed by atoms with Crippen molar-refractivity contribution in [1.29, 1.82) is 5.26 Å². The van der Waals surface area contributed by atoms with Crippen molar-refractivity contribution in [3.63, 3.8) is 0 Å². The summed E-state index contributed by atoms with van der Waals surface area (Å²) < 4.78 is 2.07. The Labute approximate surface area is 78.0 Å². The number of hydrogen-bond donors (Lipinski definition) is 0. The molecule has 1 aliphatic rings. The molecule has 0 radical (unpaired) electrons. The van der Waals surface area contributed by atoms with E-state index in [1.807, 2.05) is 0 Å². The molecule has 0 aliphatic heterocycles. The maximum atomic E-state index is 8.85. The topological polar surface area (TPSA) is 41.6 Å². The van der Waals surface area contributed by atoms with Crippen molar-refractivity contribution >= 4 is 0 Å². The van der Waals surface area contributed by atoms with E-state index in [9.17, 15) is 0 Å². The van der Waals surface area contributed by atoms with Gasteiger partial charge in [-0.2, -0.15) is 5.26 Å². The molecule has 0 unspecified atom stereocenters. The van der Waals surface area contributed by atoms with Crippen LogP contribution in [0.5, 0.6) is 0 Å². The van der Waals surface area contributed by atoms with Crippen LogP contribution in [-0.4, -0.2) is 9.55 Å². The molecule has 3 nitrogen and oxygen atoms in total. The highest BCUT2D eigenvalue weighted by Gasteiger charge is 2.28. The van der Waals surface area contributed by atoms with Crippen molar-refractivity contribution in [3.8, 4) is 6.07 Å². The van der Waals surface area contributed by atoms with Crippen molar-refractivity contribution in [1.82, 2.24) is 9.55 Å². The molecule has 13 heavy (non-hydrogen) atoms. The van der Waals surface area contributed by atoms with Crippen LogP contribution in [0, 0.1) is 11.3 Å². The van der Waals surface area contributed by atoms with Crippen molar-refractivity contribution in [2.45, 2.75) is 38.6 Å². The van der Waals surface area contributed by atoms with Crippen LogP contribution in [0.3, 0.4) is 0 Å². The quantitative estimate of drug-likeness (QED) is 0.705. The Kier molecular flexibility index (Phi) is 2.05. The van der Waals surface area contributed by atoms with Crippen LogP contribution < -0.4 is 0 Å². The molecule has 0 spiro atoms. The molecule has 1 aliphatic carbocycles. The minimum atomic E-state index is 0.633. The van der Waals surface area contributed by atoms with E-state index >= 15 is 0 Å². The van der Waals surface area contributed by atoms with E-state index in [0.29, 0.717) is 11.6 Å². The second kappa shape index (κ2) is 3.21. The lowest BCUT2D eigenvalue weighted by Crippen LogP contribution is -2.04. The highest BCUT2D eigenvalue weighted by molar-refractivity contribution is 5.23. The lowest BCUT2D eigenvalue weighted by Gasteiger charge is -2.05. The van der Waals surface area contributed by atoms with E-state index < -0.39 is 0 Å². The van der Waals surface area contributed by atoms with E-state index in [4.69, 9.17) is 5.26 Å². The zero-order valence-corrected chi connectivity index (χ0v) is 7.82. The average molecular weight is 175 g/mol. The first-order chi connectivity index (χ1) is 6.36. The zero-order valence-electron chi connectivity index (χ0n) is 7.82. The highest BCUT2D eigenvalue weighted by atomic mass is 15.1. The van der Waals surface area contributed by atoms with Gasteiger partial charge in [0, 0.05) is 12.5 Å². The van der Waals surface area contributed by atoms with E-state index in [1.165, 1.54) is 12.8 Å². The summed E-state index contributed by atoms with van der Waals surface area (Å²) in [7, 11) is 0. The van der Waals surface area contributed by atoms with Gasteiger partial charge in [0.25, 0.3) is 0 Å². The third-order valence-corrected chi connectivity index (χ3v) is 2.39. The molecule has 0 N–H and O–H groups in total. The van der Waals surface area contributed by atoms with E-state index in [-0.39, 0.29) is 0 Å². The van der Waals surface area contributed by atoms with E-state index in [2.05, 4.69) is 22.5 Å². The zero-order chi connectivity index (χ0) is 9.26. The Balaban J connectivity index is 2.33. The summed E-state index contributed by atoms with van der Waals surface area (Å²) in [5, 5.41) is 8.85. The minimum absolute atomic E-state index is 0.633. The first-order valence-corrected chi connectivity index (χ1v) is 4.82. The smallest absolute Gasteiger partial charge is 0.140 e. The molecular formula is C10H13N3. The Morgan fingerprint density at radius 2 is 2.46 bits per heavy atom. The predicted molar refractivity (Wildman–Crippen MR) is 49.2 cm³/mol. The Bertz CT molecular complexity index is 342. The van der Waals surface area contributed by atoms with Crippen LogP contribution in [0.1, 0.15) is 43.6 Å². The molecule has 3 heteroatoms. The molecule has 2 rings (SSSR count). The van der Waals surface area contributed by atoms with Gasteiger partial charge in [0.2, 0.25) is 0 Å². The minimum Gasteiger partial charge on any atom is -0.320 e. The van der Waals surface area contributed by atoms with Crippen molar-refractivity contribution in [2.75, 3.05) is 0 Å². The molecule has 0 amide bonds. The third-order valence-electron chi connectivity index (χ3n) is 2.39. The molecule has 1 saturated carbocycles. The summed E-state index contributed by atoms with van der Waals surface area (Å²) in [6, 6.07) is 2.18. The second-order valence-corrected chi connectivity index (χ2v) is 3.54. The van der Waals surface area contributed by atoms with Crippen LogP contribution >= 0.6 is 0 Å². The summed E-state index contributed by atoms with van der Waals surface area (Å²) >= 11 is 0. The maximum absolute atomic E-state index is 8.85. The summed E-state index contributed by atoms with van der Waals surface area (Å²) in [6.45, 7) is 3.05. The summed E-state index contributed by atoms with van der Waals surface area (Å²) in [4.78, 5) is 4.31. The summed E-state index contributed by atoms with van der Waals surface area (Å²) in [5.41, 5.74) is 0.712. The standard InChI is InChI=1S/C10H13N3/c1-2-5-13-9(6-11)7-12-10(13)8-3-4-8/h7-8H,2-5H2,1H3. The van der Waals surface area contributed by atoms with Gasteiger partial charge in [-0.25, -0.2) is 4.98 Å². The van der Waals surface area contributed by atoms with Crippen LogP contribution in [-0.2, 0) is 6.54 Å². The number of rotatable bonds is 3. The normalized spacial score (nSPS) is 15.7. The van der Waals surface area contributed by atoms with E-state index in [0.717, 1.165) is 18.8 Å². The predicted octanol–water partition coefficient (Wildman–Crippen LogP) is 2.04. The Hall–Kier alpha value is -1.30. The molecule has 1 heterocycles. The fourth-order valence-electron chi connectivity index (χ4n) is 1.61. The van der Waals surface area contributed by atoms with Crippen LogP contribution in [0.4, 0.5) is 0 Å². The van der Waals surface area contributed by atoms with Gasteiger partial charge in [-0.15, -0.1) is 0 Å². The second-order valence-electron chi connectivity index (χ2n) is 3.54. The molecule has 0 saturated heterocycles. The van der Waals surface area contributed by atoms with Crippen molar-refractivity contribution in [3.05, 3.63) is 17.7 Å². The third kappa shape index (κ3) is 1.44. The monoisotopic (exact) mass is 175 g/mol. The average Bonchev–Trinajstić information content (AvgIpc) is 2.90. The molecule has 0 atom stereocenters. The van der Waals surface area contributed by atoms with Gasteiger partial charge in [0.1, 0.15) is 17.6 Å². The van der Waals surface area contributed by atoms with Crippen LogP contribution in [0.2, 0.25) is 0 Å². The molecule has 1 aromatic rings. The Morgan fingerprint density at radius 1 is 1.69 bits per heavy atom. The molecule has 1 fully saturated rings. The first-order valence-electron chi connectivity index (χ1n) is 4.82. The summed E-state index contributed by atoms with van der Waals surface area (Å²) in [6.07, 6.45) is 5.24. The molecular weight excluding hydrogens is 162 g/mol. The number of aromatic nitrogens is 2. The lowest BCUT2D eigenvalue weighted by molar-refractivity contribution is 0.633. The van der Waals surface area contributed by atoms with Gasteiger partial charge in [-0.3, -0.25) is 0 Å². The number of nitriles is 1. The maximum Gasteiger partial charge on any atom is 0.140 e. The Morgan fingerprint density at radius 3 is 3.00 bits per heavy atom. The van der Waals surface area contributed by atoms with Gasteiger partial charge in [0.05, 0.1) is 6.20 Å². The van der Waals surface area contributed by atoms with Gasteiger partial charge in [0.15, 0.2) is 0 Å². The van der Waals surface area contributed by atoms with Crippen LogP contribution in [0.15, 0.2) is 6.20 Å². The fraction of sp³-hybridized carbons (Fsp3) is 0.600. The van der Waals surface area contributed by atoms with Crippen molar-refractivity contribution in [2.24, 2.45) is 0 Å². The van der Waals surface area contributed by atoms with Gasteiger partial charge in [-0.05, 0) is 19.3 Å². The lowest BCUT2D eigenvalue weighted by atomic mass is 10.3. The van der Waals surface area contributed by atoms with Crippen LogP contribution in [0.25, 0.3) is 0 Å². The summed E-state index contributed by atoms with van der Waals surface area (Å²) in [5.74, 6) is 1.76. The molecule has 0 aromatic carbocycles. The molecule has 1 aromatic heterocycles. The van der Waals surface area contributed by atoms with Gasteiger partial charge < -0.3 is 4.57 Å². The number of imidazole rings is 1. The fourth-order valence-corrected chi connectivity index (χ4v) is 1.61. The van der Waals surface area contributed by atoms with E-state index in [1.54, 1.807) is 6.20 Å². The molecule has 68 valence electrons. The van der Waals surface area contributed by atoms with Crippen molar-refractivity contribution < 1.29 is 0 Å². The first kappa shape index (κ1) is 8.31. The largest absolute Gasteiger partial charge is 0.320 e. The highest BCUT2D eigenvalue weighted by Crippen LogP contribution is 2.39. The number of nitrogens with zero attached hydrogens (tertiary/aromatic N) is 3. The SMILES string of the molecule is CCCn1c(C#N)cnc1C1CC1. The molecule has 0 bridgehead atoms. The van der Waals surface area contributed by atoms with Gasteiger partial charge in [-0.1, -0.05) is 6.92 Å². The number of hydrogen-bond acceptors (Lipinski definition) is 2. The van der Waals surface area contributed by atoms with Gasteiger partial charge >= 0.3 is 0 Å².